The lowest BCUT2D eigenvalue weighted by molar-refractivity contribution is -0.143. The summed E-state index contributed by atoms with van der Waals surface area (Å²) < 4.78 is 6.81. The van der Waals surface area contributed by atoms with Gasteiger partial charge < -0.3 is 9.30 Å². The van der Waals surface area contributed by atoms with Crippen LogP contribution in [0.2, 0.25) is 0 Å². The highest BCUT2D eigenvalue weighted by atomic mass is 32.2. The third-order valence-corrected chi connectivity index (χ3v) is 4.81. The van der Waals surface area contributed by atoms with Gasteiger partial charge in [0.25, 0.3) is 11.1 Å². The molecule has 1 aromatic heterocycles. The highest BCUT2D eigenvalue weighted by Gasteiger charge is 2.33. The van der Waals surface area contributed by atoms with Crippen molar-refractivity contribution in [1.82, 2.24) is 9.47 Å². The van der Waals surface area contributed by atoms with E-state index < -0.39 is 0 Å². The molecule has 1 aliphatic rings. The standard InChI is InChI=1S/C18H18N2O4S/c1-3-20-17(22)15(25-18(20)23)9-12-10-19(11-16(21)24-4-2)14-8-6-5-7-13(12)14/h5-10H,3-4,11H2,1-2H3/b15-9+. The molecule has 1 fully saturated rings. The van der Waals surface area contributed by atoms with E-state index in [1.807, 2.05) is 30.5 Å². The average Bonchev–Trinajstić information content (AvgIpc) is 3.06. The summed E-state index contributed by atoms with van der Waals surface area (Å²) >= 11 is 0.939. The molecule has 130 valence electrons. The van der Waals surface area contributed by atoms with Crippen molar-refractivity contribution < 1.29 is 19.1 Å². The Morgan fingerprint density at radius 2 is 2.00 bits per heavy atom. The number of ether oxygens (including phenoxy) is 1. The van der Waals surface area contributed by atoms with Crippen molar-refractivity contribution in [2.45, 2.75) is 20.4 Å². The number of carbonyl (C=O) groups is 3. The molecule has 0 N–H and O–H groups in total. The fourth-order valence-electron chi connectivity index (χ4n) is 2.78. The van der Waals surface area contributed by atoms with Crippen molar-refractivity contribution >= 4 is 45.9 Å². The summed E-state index contributed by atoms with van der Waals surface area (Å²) in [5.41, 5.74) is 1.66. The Morgan fingerprint density at radius 3 is 2.68 bits per heavy atom. The largest absolute Gasteiger partial charge is 0.465 e. The van der Waals surface area contributed by atoms with Crippen molar-refractivity contribution in [2.24, 2.45) is 0 Å². The average molecular weight is 358 g/mol. The van der Waals surface area contributed by atoms with Crippen LogP contribution in [0.5, 0.6) is 0 Å². The van der Waals surface area contributed by atoms with Gasteiger partial charge >= 0.3 is 5.97 Å². The number of para-hydroxylation sites is 1. The van der Waals surface area contributed by atoms with E-state index in [4.69, 9.17) is 4.74 Å². The number of carbonyl (C=O) groups excluding carboxylic acids is 3. The molecule has 1 aliphatic heterocycles. The Balaban J connectivity index is 2.00. The number of rotatable bonds is 5. The summed E-state index contributed by atoms with van der Waals surface area (Å²) in [4.78, 5) is 37.6. The number of nitrogens with zero attached hydrogens (tertiary/aromatic N) is 2. The van der Waals surface area contributed by atoms with Crippen LogP contribution < -0.4 is 0 Å². The van der Waals surface area contributed by atoms with Crippen molar-refractivity contribution in [3.05, 3.63) is 40.9 Å². The van der Waals surface area contributed by atoms with Crippen LogP contribution in [-0.4, -0.2) is 39.7 Å². The van der Waals surface area contributed by atoms with E-state index in [1.165, 1.54) is 4.90 Å². The fraction of sp³-hybridized carbons (Fsp3) is 0.278. The van der Waals surface area contributed by atoms with Crippen LogP contribution in [0.15, 0.2) is 35.4 Å². The SMILES string of the molecule is CCOC(=O)Cn1cc(/C=C2/SC(=O)N(CC)C2=O)c2ccccc21. The molecule has 0 saturated carbocycles. The zero-order valence-corrected chi connectivity index (χ0v) is 14.8. The van der Waals surface area contributed by atoms with Gasteiger partial charge in [0.2, 0.25) is 0 Å². The first kappa shape index (κ1) is 17.3. The number of esters is 1. The molecule has 6 nitrogen and oxygen atoms in total. The lowest BCUT2D eigenvalue weighted by Crippen LogP contribution is -2.27. The van der Waals surface area contributed by atoms with Gasteiger partial charge in [-0.05, 0) is 37.8 Å². The molecule has 0 atom stereocenters. The second kappa shape index (κ2) is 7.14. The van der Waals surface area contributed by atoms with Gasteiger partial charge in [-0.15, -0.1) is 0 Å². The number of aromatic nitrogens is 1. The van der Waals surface area contributed by atoms with Crippen molar-refractivity contribution in [3.63, 3.8) is 0 Å². The third kappa shape index (κ3) is 3.32. The molecule has 0 unspecified atom stereocenters. The number of fused-ring (bicyclic) bond motifs is 1. The number of imide groups is 1. The Bertz CT molecular complexity index is 884. The molecular formula is C18H18N2O4S. The summed E-state index contributed by atoms with van der Waals surface area (Å²) in [5.74, 6) is -0.596. The van der Waals surface area contributed by atoms with Crippen LogP contribution in [0.3, 0.4) is 0 Å². The molecular weight excluding hydrogens is 340 g/mol. The van der Waals surface area contributed by atoms with Crippen LogP contribution >= 0.6 is 11.8 Å². The summed E-state index contributed by atoms with van der Waals surface area (Å²) in [6, 6.07) is 7.61. The summed E-state index contributed by atoms with van der Waals surface area (Å²) in [6.45, 7) is 4.31. The quantitative estimate of drug-likeness (QED) is 0.606. The van der Waals surface area contributed by atoms with Gasteiger partial charge in [0.1, 0.15) is 6.54 Å². The maximum Gasteiger partial charge on any atom is 0.325 e. The zero-order valence-electron chi connectivity index (χ0n) is 14.0. The Morgan fingerprint density at radius 1 is 1.24 bits per heavy atom. The zero-order chi connectivity index (χ0) is 18.0. The maximum atomic E-state index is 12.3. The smallest absolute Gasteiger partial charge is 0.325 e. The van der Waals surface area contributed by atoms with Gasteiger partial charge in [0, 0.05) is 29.2 Å². The third-order valence-electron chi connectivity index (χ3n) is 3.90. The van der Waals surface area contributed by atoms with E-state index in [-0.39, 0.29) is 23.7 Å². The first-order valence-corrected chi connectivity index (χ1v) is 8.85. The maximum absolute atomic E-state index is 12.3. The Kier molecular flexibility index (Phi) is 4.94. The minimum Gasteiger partial charge on any atom is -0.465 e. The summed E-state index contributed by atoms with van der Waals surface area (Å²) in [6.07, 6.45) is 3.52. The number of thioether (sulfide) groups is 1. The molecule has 0 radical (unpaired) electrons. The summed E-state index contributed by atoms with van der Waals surface area (Å²) in [5, 5.41) is 0.657. The topological polar surface area (TPSA) is 68.6 Å². The van der Waals surface area contributed by atoms with Gasteiger partial charge in [-0.3, -0.25) is 19.3 Å². The molecule has 7 heteroatoms. The molecule has 0 bridgehead atoms. The monoisotopic (exact) mass is 358 g/mol. The van der Waals surface area contributed by atoms with Crippen LogP contribution in [-0.2, 0) is 20.9 Å². The lowest BCUT2D eigenvalue weighted by Gasteiger charge is -2.06. The molecule has 0 spiro atoms. The van der Waals surface area contributed by atoms with Gasteiger partial charge in [-0.2, -0.15) is 0 Å². The normalized spacial score (nSPS) is 16.2. The van der Waals surface area contributed by atoms with E-state index >= 15 is 0 Å². The second-order valence-corrected chi connectivity index (χ2v) is 6.45. The molecule has 2 heterocycles. The van der Waals surface area contributed by atoms with E-state index in [9.17, 15) is 14.4 Å². The predicted octanol–water partition coefficient (Wildman–Crippen LogP) is 3.26. The first-order chi connectivity index (χ1) is 12.0. The molecule has 2 amide bonds. The van der Waals surface area contributed by atoms with Crippen LogP contribution in [0, 0.1) is 0 Å². The number of hydrogen-bond acceptors (Lipinski definition) is 5. The van der Waals surface area contributed by atoms with Crippen LogP contribution in [0.4, 0.5) is 4.79 Å². The number of benzene rings is 1. The van der Waals surface area contributed by atoms with E-state index in [1.54, 1.807) is 24.5 Å². The van der Waals surface area contributed by atoms with E-state index in [2.05, 4.69) is 0 Å². The number of hydrogen-bond donors (Lipinski definition) is 0. The van der Waals surface area contributed by atoms with Gasteiger partial charge in [0.15, 0.2) is 0 Å². The minimum absolute atomic E-state index is 0.0959. The molecule has 0 aliphatic carbocycles. The number of amides is 2. The van der Waals surface area contributed by atoms with Crippen molar-refractivity contribution in [2.75, 3.05) is 13.2 Å². The number of likely N-dealkylation sites (N-methyl/N-ethyl adjacent to an activating group) is 1. The molecule has 1 aromatic carbocycles. The van der Waals surface area contributed by atoms with Gasteiger partial charge in [0.05, 0.1) is 11.5 Å². The molecule has 25 heavy (non-hydrogen) atoms. The van der Waals surface area contributed by atoms with Crippen molar-refractivity contribution in [1.29, 1.82) is 0 Å². The lowest BCUT2D eigenvalue weighted by atomic mass is 10.1. The fourth-order valence-corrected chi connectivity index (χ4v) is 3.67. The van der Waals surface area contributed by atoms with Crippen molar-refractivity contribution in [3.8, 4) is 0 Å². The highest BCUT2D eigenvalue weighted by Crippen LogP contribution is 2.33. The molecule has 3 rings (SSSR count). The van der Waals surface area contributed by atoms with E-state index in [0.29, 0.717) is 18.1 Å². The molecule has 2 aromatic rings. The van der Waals surface area contributed by atoms with Crippen LogP contribution in [0.25, 0.3) is 17.0 Å². The highest BCUT2D eigenvalue weighted by molar-refractivity contribution is 8.18. The first-order valence-electron chi connectivity index (χ1n) is 8.04. The Labute approximate surface area is 149 Å². The van der Waals surface area contributed by atoms with Gasteiger partial charge in [-0.25, -0.2) is 0 Å². The second-order valence-electron chi connectivity index (χ2n) is 5.46. The summed E-state index contributed by atoms with van der Waals surface area (Å²) in [7, 11) is 0. The minimum atomic E-state index is -0.318. The predicted molar refractivity (Wildman–Crippen MR) is 96.9 cm³/mol. The van der Waals surface area contributed by atoms with Gasteiger partial charge in [-0.1, -0.05) is 18.2 Å². The Hall–Kier alpha value is -2.54. The van der Waals surface area contributed by atoms with Crippen LogP contribution in [0.1, 0.15) is 19.4 Å². The van der Waals surface area contributed by atoms with E-state index in [0.717, 1.165) is 28.2 Å². The molecule has 1 saturated heterocycles.